The van der Waals surface area contributed by atoms with Crippen molar-refractivity contribution < 1.29 is 9.53 Å². The van der Waals surface area contributed by atoms with Crippen LogP contribution in [0.1, 0.15) is 25.8 Å². The summed E-state index contributed by atoms with van der Waals surface area (Å²) in [6, 6.07) is 7.53. The first-order valence-corrected chi connectivity index (χ1v) is 7.00. The normalized spacial score (nSPS) is 28.3. The molecule has 0 saturated heterocycles. The van der Waals surface area contributed by atoms with Gasteiger partial charge in [0.15, 0.2) is 0 Å². The molecule has 2 unspecified atom stereocenters. The van der Waals surface area contributed by atoms with Crippen LogP contribution in [0.5, 0.6) is 5.75 Å². The molecule has 2 aliphatic rings. The average Bonchev–Trinajstić information content (AvgIpc) is 2.68. The molecule has 0 radical (unpaired) electrons. The van der Waals surface area contributed by atoms with Crippen LogP contribution in [0, 0.1) is 5.92 Å². The van der Waals surface area contributed by atoms with Crippen LogP contribution < -0.4 is 10.5 Å². The van der Waals surface area contributed by atoms with Crippen molar-refractivity contribution in [2.45, 2.75) is 25.8 Å². The lowest BCUT2D eigenvalue weighted by molar-refractivity contribution is 0.0805. The number of urea groups is 1. The molecular weight excluding hydrogens is 254 g/mol. The molecule has 5 heteroatoms. The Morgan fingerprint density at radius 1 is 1.50 bits per heavy atom. The van der Waals surface area contributed by atoms with Crippen LogP contribution in [-0.2, 0) is 5.54 Å². The number of amides is 2. The van der Waals surface area contributed by atoms with Crippen LogP contribution >= 0.6 is 0 Å². The number of hydrogen-bond acceptors (Lipinski definition) is 3. The van der Waals surface area contributed by atoms with Gasteiger partial charge in [-0.25, -0.2) is 4.79 Å². The summed E-state index contributed by atoms with van der Waals surface area (Å²) in [7, 11) is 0. The second-order valence-electron chi connectivity index (χ2n) is 5.41. The second kappa shape index (κ2) is 4.51. The molecule has 1 spiro atoms. The first kappa shape index (κ1) is 13.0. The molecule has 0 saturated carbocycles. The summed E-state index contributed by atoms with van der Waals surface area (Å²) < 4.78 is 5.78. The van der Waals surface area contributed by atoms with Gasteiger partial charge in [-0.1, -0.05) is 32.0 Å². The van der Waals surface area contributed by atoms with E-state index in [1.54, 1.807) is 4.90 Å². The summed E-state index contributed by atoms with van der Waals surface area (Å²) in [6.07, 6.45) is 0.867. The van der Waals surface area contributed by atoms with Gasteiger partial charge in [0.1, 0.15) is 17.1 Å². The molecular formula is C15H19N3O2. The van der Waals surface area contributed by atoms with E-state index in [4.69, 9.17) is 10.5 Å². The topological polar surface area (TPSA) is 67.9 Å². The summed E-state index contributed by atoms with van der Waals surface area (Å²) in [4.78, 5) is 18.1. The highest BCUT2D eigenvalue weighted by molar-refractivity contribution is 6.07. The number of nitrogens with zero attached hydrogens (tertiary/aromatic N) is 2. The van der Waals surface area contributed by atoms with Gasteiger partial charge in [0.25, 0.3) is 0 Å². The minimum atomic E-state index is -0.651. The van der Waals surface area contributed by atoms with Crippen molar-refractivity contribution in [2.75, 3.05) is 13.2 Å². The first-order chi connectivity index (χ1) is 9.62. The standard InChI is InChI=1S/C15H19N3O2/c1-3-8-18-14(19)17-13(16)15(18)10(2)9-20-12-7-5-4-6-11(12)15/h4-7,10H,3,8-9H2,1-2H3,(H2,16,17,19). The molecule has 2 N–H and O–H groups in total. The monoisotopic (exact) mass is 273 g/mol. The van der Waals surface area contributed by atoms with Crippen molar-refractivity contribution in [2.24, 2.45) is 16.6 Å². The molecule has 0 aromatic heterocycles. The molecule has 1 aromatic rings. The van der Waals surface area contributed by atoms with Gasteiger partial charge in [-0.15, -0.1) is 0 Å². The molecule has 2 atom stereocenters. The number of fused-ring (bicyclic) bond motifs is 2. The molecule has 3 rings (SSSR count). The van der Waals surface area contributed by atoms with Gasteiger partial charge in [0.2, 0.25) is 0 Å². The Kier molecular flexibility index (Phi) is 2.92. The molecule has 5 nitrogen and oxygen atoms in total. The molecule has 20 heavy (non-hydrogen) atoms. The van der Waals surface area contributed by atoms with Crippen molar-refractivity contribution in [3.63, 3.8) is 0 Å². The van der Waals surface area contributed by atoms with Gasteiger partial charge in [-0.3, -0.25) is 0 Å². The fourth-order valence-electron chi connectivity index (χ4n) is 3.34. The van der Waals surface area contributed by atoms with Gasteiger partial charge < -0.3 is 15.4 Å². The van der Waals surface area contributed by atoms with Crippen molar-refractivity contribution in [1.82, 2.24) is 4.90 Å². The zero-order valence-corrected chi connectivity index (χ0v) is 11.8. The van der Waals surface area contributed by atoms with E-state index >= 15 is 0 Å². The minimum absolute atomic E-state index is 0.0687. The van der Waals surface area contributed by atoms with E-state index in [1.807, 2.05) is 31.2 Å². The van der Waals surface area contributed by atoms with Crippen LogP contribution in [0.25, 0.3) is 0 Å². The van der Waals surface area contributed by atoms with Gasteiger partial charge in [0.05, 0.1) is 6.61 Å². The quantitative estimate of drug-likeness (QED) is 0.897. The summed E-state index contributed by atoms with van der Waals surface area (Å²) in [5.41, 5.74) is 6.49. The Morgan fingerprint density at radius 2 is 2.25 bits per heavy atom. The lowest BCUT2D eigenvalue weighted by Crippen LogP contribution is -2.58. The number of carbonyl (C=O) groups is 1. The van der Waals surface area contributed by atoms with Crippen LogP contribution in [0.3, 0.4) is 0 Å². The SMILES string of the molecule is CCCN1C(=O)N=C(N)C12c1ccccc1OCC2C. The predicted molar refractivity (Wildman–Crippen MR) is 76.8 cm³/mol. The van der Waals surface area contributed by atoms with Gasteiger partial charge >= 0.3 is 6.03 Å². The molecule has 106 valence electrons. The Morgan fingerprint density at radius 3 is 3.00 bits per heavy atom. The second-order valence-corrected chi connectivity index (χ2v) is 5.41. The maximum atomic E-state index is 12.2. The van der Waals surface area contributed by atoms with E-state index in [1.165, 1.54) is 0 Å². The van der Waals surface area contributed by atoms with Gasteiger partial charge in [0, 0.05) is 18.0 Å². The molecule has 0 aliphatic carbocycles. The average molecular weight is 273 g/mol. The highest BCUT2D eigenvalue weighted by Gasteiger charge is 2.56. The highest BCUT2D eigenvalue weighted by atomic mass is 16.5. The number of ether oxygens (including phenoxy) is 1. The maximum absolute atomic E-state index is 12.2. The molecule has 2 heterocycles. The fourth-order valence-corrected chi connectivity index (χ4v) is 3.34. The van der Waals surface area contributed by atoms with Crippen LogP contribution in [0.2, 0.25) is 0 Å². The number of para-hydroxylation sites is 1. The van der Waals surface area contributed by atoms with Crippen molar-refractivity contribution in [3.05, 3.63) is 29.8 Å². The van der Waals surface area contributed by atoms with Crippen LogP contribution in [0.15, 0.2) is 29.3 Å². The van der Waals surface area contributed by atoms with Crippen molar-refractivity contribution >= 4 is 11.9 Å². The number of aliphatic imine (C=N–C) groups is 1. The minimum Gasteiger partial charge on any atom is -0.493 e. The molecule has 0 fully saturated rings. The van der Waals surface area contributed by atoms with E-state index in [0.29, 0.717) is 19.0 Å². The Hall–Kier alpha value is -2.04. The number of amidine groups is 1. The van der Waals surface area contributed by atoms with E-state index in [0.717, 1.165) is 17.7 Å². The third-order valence-corrected chi connectivity index (χ3v) is 4.21. The number of hydrogen-bond donors (Lipinski definition) is 1. The first-order valence-electron chi connectivity index (χ1n) is 7.00. The van der Waals surface area contributed by atoms with Crippen LogP contribution in [-0.4, -0.2) is 29.9 Å². The van der Waals surface area contributed by atoms with Gasteiger partial charge in [-0.05, 0) is 12.5 Å². The zero-order chi connectivity index (χ0) is 14.3. The number of nitrogens with two attached hydrogens (primary N) is 1. The third kappa shape index (κ3) is 1.49. The third-order valence-electron chi connectivity index (χ3n) is 4.21. The summed E-state index contributed by atoms with van der Waals surface area (Å²) in [6.45, 7) is 5.27. The molecule has 0 bridgehead atoms. The summed E-state index contributed by atoms with van der Waals surface area (Å²) in [5, 5.41) is 0. The highest BCUT2D eigenvalue weighted by Crippen LogP contribution is 2.47. The van der Waals surface area contributed by atoms with E-state index in [9.17, 15) is 4.79 Å². The van der Waals surface area contributed by atoms with Crippen molar-refractivity contribution in [3.8, 4) is 5.75 Å². The van der Waals surface area contributed by atoms with E-state index < -0.39 is 5.54 Å². The molecule has 2 aliphatic heterocycles. The Bertz CT molecular complexity index is 584. The lowest BCUT2D eigenvalue weighted by atomic mass is 9.75. The van der Waals surface area contributed by atoms with Crippen molar-refractivity contribution in [1.29, 1.82) is 0 Å². The van der Waals surface area contributed by atoms with E-state index in [2.05, 4.69) is 11.9 Å². The van der Waals surface area contributed by atoms with Gasteiger partial charge in [-0.2, -0.15) is 4.99 Å². The molecule has 1 aromatic carbocycles. The number of benzene rings is 1. The smallest absolute Gasteiger partial charge is 0.346 e. The Labute approximate surface area is 118 Å². The number of carbonyl (C=O) groups excluding carboxylic acids is 1. The largest absolute Gasteiger partial charge is 0.493 e. The van der Waals surface area contributed by atoms with Crippen LogP contribution in [0.4, 0.5) is 4.79 Å². The zero-order valence-electron chi connectivity index (χ0n) is 11.8. The lowest BCUT2D eigenvalue weighted by Gasteiger charge is -2.46. The predicted octanol–water partition coefficient (Wildman–Crippen LogP) is 2.11. The number of rotatable bonds is 2. The Balaban J connectivity index is 2.22. The fraction of sp³-hybridized carbons (Fsp3) is 0.467. The summed E-state index contributed by atoms with van der Waals surface area (Å²) >= 11 is 0. The summed E-state index contributed by atoms with van der Waals surface area (Å²) in [5.74, 6) is 1.25. The van der Waals surface area contributed by atoms with E-state index in [-0.39, 0.29) is 11.9 Å². The maximum Gasteiger partial charge on any atom is 0.346 e. The molecule has 2 amide bonds.